The fraction of sp³-hybridized carbons (Fsp3) is 0.400. The van der Waals surface area contributed by atoms with E-state index in [-0.39, 0.29) is 12.4 Å². The summed E-state index contributed by atoms with van der Waals surface area (Å²) in [5, 5.41) is 9.17. The smallest absolute Gasteiger partial charge is 0.128 e. The summed E-state index contributed by atoms with van der Waals surface area (Å²) in [5.41, 5.74) is 6.71. The summed E-state index contributed by atoms with van der Waals surface area (Å²) >= 11 is 5.85. The van der Waals surface area contributed by atoms with Crippen LogP contribution in [0.5, 0.6) is 0 Å². The summed E-state index contributed by atoms with van der Waals surface area (Å²) in [5.74, 6) is -0.368. The third-order valence-corrected chi connectivity index (χ3v) is 2.52. The van der Waals surface area contributed by atoms with Crippen molar-refractivity contribution in [1.82, 2.24) is 0 Å². The molecule has 0 aliphatic rings. The summed E-state index contributed by atoms with van der Waals surface area (Å²) in [6.07, 6.45) is 0.330. The minimum atomic E-state index is -0.502. The molecule has 0 saturated carbocycles. The van der Waals surface area contributed by atoms with E-state index in [1.807, 2.05) is 0 Å². The van der Waals surface area contributed by atoms with Gasteiger partial charge in [-0.05, 0) is 31.0 Å². The number of halogens is 2. The van der Waals surface area contributed by atoms with Crippen LogP contribution < -0.4 is 5.73 Å². The lowest BCUT2D eigenvalue weighted by molar-refractivity contribution is 0.275. The van der Waals surface area contributed by atoms with Crippen molar-refractivity contribution in [3.05, 3.63) is 34.1 Å². The Bertz CT molecular complexity index is 330. The van der Waals surface area contributed by atoms with E-state index < -0.39 is 6.04 Å². The van der Waals surface area contributed by atoms with Crippen molar-refractivity contribution >= 4 is 11.6 Å². The maximum atomic E-state index is 13.4. The molecule has 1 aromatic rings. The highest BCUT2D eigenvalue weighted by molar-refractivity contribution is 6.31. The molecular weight excluding hydrogens is 205 g/mol. The molecule has 0 heterocycles. The molecule has 0 amide bonds. The maximum absolute atomic E-state index is 13.4. The zero-order valence-corrected chi connectivity index (χ0v) is 8.68. The lowest BCUT2D eigenvalue weighted by atomic mass is 10.0. The molecular formula is C10H13ClFNO. The number of aryl methyl sites for hydroxylation is 1. The van der Waals surface area contributed by atoms with Crippen LogP contribution in [0.1, 0.15) is 23.6 Å². The quantitative estimate of drug-likeness (QED) is 0.815. The van der Waals surface area contributed by atoms with Crippen LogP contribution in [0.15, 0.2) is 12.1 Å². The Balaban J connectivity index is 3.02. The first-order chi connectivity index (χ1) is 6.56. The third kappa shape index (κ3) is 2.44. The number of benzene rings is 1. The van der Waals surface area contributed by atoms with Crippen LogP contribution in [0.4, 0.5) is 4.39 Å². The van der Waals surface area contributed by atoms with Gasteiger partial charge in [-0.15, -0.1) is 0 Å². The Labute approximate surface area is 87.5 Å². The van der Waals surface area contributed by atoms with E-state index in [0.717, 1.165) is 0 Å². The summed E-state index contributed by atoms with van der Waals surface area (Å²) in [6, 6.07) is 2.37. The predicted molar refractivity (Wildman–Crippen MR) is 54.8 cm³/mol. The van der Waals surface area contributed by atoms with E-state index in [4.69, 9.17) is 22.4 Å². The molecule has 0 aliphatic carbocycles. The molecule has 1 atom stereocenters. The lowest BCUT2D eigenvalue weighted by Gasteiger charge is -2.12. The molecule has 0 spiro atoms. The molecule has 14 heavy (non-hydrogen) atoms. The highest BCUT2D eigenvalue weighted by Gasteiger charge is 2.12. The van der Waals surface area contributed by atoms with Gasteiger partial charge in [0.1, 0.15) is 5.82 Å². The Hall–Kier alpha value is -0.640. The summed E-state index contributed by atoms with van der Waals surface area (Å²) in [4.78, 5) is 0. The van der Waals surface area contributed by atoms with Crippen LogP contribution in [0.3, 0.4) is 0 Å². The van der Waals surface area contributed by atoms with Crippen molar-refractivity contribution in [2.45, 2.75) is 19.4 Å². The van der Waals surface area contributed by atoms with Gasteiger partial charge in [0.15, 0.2) is 0 Å². The standard InChI is InChI=1S/C10H13ClFNO/c1-6-4-9(12)7(5-8(6)11)10(13)2-3-14/h4-5,10,14H,2-3,13H2,1H3. The molecule has 1 unspecified atom stereocenters. The molecule has 0 aliphatic heterocycles. The van der Waals surface area contributed by atoms with E-state index in [1.54, 1.807) is 6.92 Å². The van der Waals surface area contributed by atoms with Gasteiger partial charge in [-0.25, -0.2) is 4.39 Å². The van der Waals surface area contributed by atoms with Gasteiger partial charge in [-0.2, -0.15) is 0 Å². The van der Waals surface area contributed by atoms with Gasteiger partial charge >= 0.3 is 0 Å². The average molecular weight is 218 g/mol. The Kier molecular flexibility index (Phi) is 3.86. The number of nitrogens with two attached hydrogens (primary N) is 1. The summed E-state index contributed by atoms with van der Waals surface area (Å²) in [6.45, 7) is 1.67. The van der Waals surface area contributed by atoms with Gasteiger partial charge in [-0.3, -0.25) is 0 Å². The zero-order valence-electron chi connectivity index (χ0n) is 7.93. The molecule has 0 saturated heterocycles. The van der Waals surface area contributed by atoms with Gasteiger partial charge in [-0.1, -0.05) is 11.6 Å². The van der Waals surface area contributed by atoms with Gasteiger partial charge in [0, 0.05) is 23.2 Å². The van der Waals surface area contributed by atoms with E-state index in [1.165, 1.54) is 12.1 Å². The van der Waals surface area contributed by atoms with Crippen molar-refractivity contribution in [1.29, 1.82) is 0 Å². The van der Waals surface area contributed by atoms with Crippen LogP contribution >= 0.6 is 11.6 Å². The average Bonchev–Trinajstić information content (AvgIpc) is 2.11. The normalized spacial score (nSPS) is 12.9. The highest BCUT2D eigenvalue weighted by atomic mass is 35.5. The Morgan fingerprint density at radius 2 is 2.21 bits per heavy atom. The number of rotatable bonds is 3. The van der Waals surface area contributed by atoms with Crippen LogP contribution in [0.2, 0.25) is 5.02 Å². The summed E-state index contributed by atoms with van der Waals surface area (Å²) in [7, 11) is 0. The van der Waals surface area contributed by atoms with E-state index in [0.29, 0.717) is 22.6 Å². The minimum absolute atomic E-state index is 0.0634. The second-order valence-corrected chi connectivity index (χ2v) is 3.65. The first-order valence-electron chi connectivity index (χ1n) is 4.38. The Morgan fingerprint density at radius 3 is 2.79 bits per heavy atom. The molecule has 0 fully saturated rings. The van der Waals surface area contributed by atoms with Crippen molar-refractivity contribution in [3.63, 3.8) is 0 Å². The second kappa shape index (κ2) is 4.73. The number of hydrogen-bond acceptors (Lipinski definition) is 2. The molecule has 78 valence electrons. The van der Waals surface area contributed by atoms with Crippen LogP contribution in [0, 0.1) is 12.7 Å². The van der Waals surface area contributed by atoms with Crippen molar-refractivity contribution in [3.8, 4) is 0 Å². The first kappa shape index (κ1) is 11.4. The maximum Gasteiger partial charge on any atom is 0.128 e. The van der Waals surface area contributed by atoms with Crippen molar-refractivity contribution in [2.24, 2.45) is 5.73 Å². The monoisotopic (exact) mass is 217 g/mol. The lowest BCUT2D eigenvalue weighted by Crippen LogP contribution is -2.13. The number of hydrogen-bond donors (Lipinski definition) is 2. The fourth-order valence-electron chi connectivity index (χ4n) is 1.24. The van der Waals surface area contributed by atoms with Crippen LogP contribution in [-0.2, 0) is 0 Å². The molecule has 1 rings (SSSR count). The van der Waals surface area contributed by atoms with Gasteiger partial charge in [0.25, 0.3) is 0 Å². The SMILES string of the molecule is Cc1cc(F)c(C(N)CCO)cc1Cl. The number of aliphatic hydroxyl groups is 1. The highest BCUT2D eigenvalue weighted by Crippen LogP contribution is 2.24. The second-order valence-electron chi connectivity index (χ2n) is 3.24. The zero-order chi connectivity index (χ0) is 10.7. The molecule has 1 aromatic carbocycles. The van der Waals surface area contributed by atoms with E-state index >= 15 is 0 Å². The van der Waals surface area contributed by atoms with Crippen LogP contribution in [0.25, 0.3) is 0 Å². The van der Waals surface area contributed by atoms with Gasteiger partial charge < -0.3 is 10.8 Å². The van der Waals surface area contributed by atoms with Gasteiger partial charge in [0.05, 0.1) is 0 Å². The molecule has 0 aromatic heterocycles. The van der Waals surface area contributed by atoms with E-state index in [2.05, 4.69) is 0 Å². The first-order valence-corrected chi connectivity index (χ1v) is 4.76. The Morgan fingerprint density at radius 1 is 1.57 bits per heavy atom. The topological polar surface area (TPSA) is 46.2 Å². The largest absolute Gasteiger partial charge is 0.396 e. The van der Waals surface area contributed by atoms with Crippen molar-refractivity contribution in [2.75, 3.05) is 6.61 Å². The fourth-order valence-corrected chi connectivity index (χ4v) is 1.41. The van der Waals surface area contributed by atoms with E-state index in [9.17, 15) is 4.39 Å². The predicted octanol–water partition coefficient (Wildman–Crippen LogP) is 2.17. The molecule has 0 radical (unpaired) electrons. The minimum Gasteiger partial charge on any atom is -0.396 e. The van der Waals surface area contributed by atoms with Crippen LogP contribution in [-0.4, -0.2) is 11.7 Å². The number of aliphatic hydroxyl groups excluding tert-OH is 1. The molecule has 3 N–H and O–H groups in total. The molecule has 2 nitrogen and oxygen atoms in total. The van der Waals surface area contributed by atoms with Gasteiger partial charge in [0.2, 0.25) is 0 Å². The third-order valence-electron chi connectivity index (χ3n) is 2.12. The summed E-state index contributed by atoms with van der Waals surface area (Å²) < 4.78 is 13.4. The molecule has 0 bridgehead atoms. The molecule has 4 heteroatoms. The van der Waals surface area contributed by atoms with Crippen molar-refractivity contribution < 1.29 is 9.50 Å².